The number of halogens is 2. The van der Waals surface area contributed by atoms with Gasteiger partial charge in [-0.15, -0.1) is 0 Å². The van der Waals surface area contributed by atoms with Gasteiger partial charge in [-0.2, -0.15) is 0 Å². The summed E-state index contributed by atoms with van der Waals surface area (Å²) in [5, 5.41) is 5.09. The molecule has 2 aromatic carbocycles. The molecule has 0 aliphatic heterocycles. The summed E-state index contributed by atoms with van der Waals surface area (Å²) in [6.07, 6.45) is 0. The quantitative estimate of drug-likeness (QED) is 0.833. The third-order valence-electron chi connectivity index (χ3n) is 3.66. The van der Waals surface area contributed by atoms with Crippen molar-refractivity contribution in [2.24, 2.45) is 0 Å². The maximum absolute atomic E-state index is 13.3. The van der Waals surface area contributed by atoms with E-state index in [9.17, 15) is 22.0 Å². The van der Waals surface area contributed by atoms with Crippen LogP contribution in [0.25, 0.3) is 0 Å². The number of nitrogens with one attached hydrogen (secondary N) is 2. The molecule has 0 saturated carbocycles. The molecule has 2 amide bonds. The Kier molecular flexibility index (Phi) is 5.94. The molecule has 2 aromatic rings. The van der Waals surface area contributed by atoms with Crippen molar-refractivity contribution in [1.82, 2.24) is 9.62 Å². The number of benzene rings is 2. The summed E-state index contributed by atoms with van der Waals surface area (Å²) in [6, 6.07) is 7.95. The zero-order valence-electron chi connectivity index (χ0n) is 14.5. The van der Waals surface area contributed by atoms with Crippen LogP contribution in [0, 0.1) is 11.6 Å². The maximum atomic E-state index is 13.3. The number of amides is 2. The second-order valence-electron chi connectivity index (χ2n) is 5.81. The van der Waals surface area contributed by atoms with Crippen LogP contribution in [-0.4, -0.2) is 32.8 Å². The first kappa shape index (κ1) is 19.8. The van der Waals surface area contributed by atoms with Crippen LogP contribution < -0.4 is 10.6 Å². The Hall–Kier alpha value is -2.52. The van der Waals surface area contributed by atoms with Gasteiger partial charge in [-0.25, -0.2) is 26.3 Å². The van der Waals surface area contributed by atoms with Crippen molar-refractivity contribution in [3.8, 4) is 0 Å². The van der Waals surface area contributed by atoms with E-state index in [1.54, 1.807) is 6.92 Å². The lowest BCUT2D eigenvalue weighted by Gasteiger charge is -2.16. The number of nitrogens with zero attached hydrogens (tertiary/aromatic N) is 1. The second-order valence-corrected chi connectivity index (χ2v) is 7.96. The highest BCUT2D eigenvalue weighted by Gasteiger charge is 2.18. The molecule has 0 spiro atoms. The van der Waals surface area contributed by atoms with Crippen LogP contribution >= 0.6 is 0 Å². The van der Waals surface area contributed by atoms with Gasteiger partial charge in [0.2, 0.25) is 10.0 Å². The Morgan fingerprint density at radius 2 is 1.77 bits per heavy atom. The van der Waals surface area contributed by atoms with E-state index in [0.29, 0.717) is 5.56 Å². The lowest BCUT2D eigenvalue weighted by Crippen LogP contribution is -2.31. The Morgan fingerprint density at radius 1 is 1.08 bits per heavy atom. The highest BCUT2D eigenvalue weighted by Crippen LogP contribution is 2.19. The van der Waals surface area contributed by atoms with Gasteiger partial charge < -0.3 is 10.6 Å². The number of hydrogen-bond donors (Lipinski definition) is 2. The monoisotopic (exact) mass is 383 g/mol. The second kappa shape index (κ2) is 7.79. The maximum Gasteiger partial charge on any atom is 0.319 e. The van der Waals surface area contributed by atoms with Gasteiger partial charge in [0, 0.05) is 19.8 Å². The molecule has 2 N–H and O–H groups in total. The van der Waals surface area contributed by atoms with Gasteiger partial charge in [0.1, 0.15) is 0 Å². The molecule has 0 heterocycles. The predicted octanol–water partition coefficient (Wildman–Crippen LogP) is 3.10. The lowest BCUT2D eigenvalue weighted by atomic mass is 10.1. The third kappa shape index (κ3) is 4.55. The van der Waals surface area contributed by atoms with Gasteiger partial charge >= 0.3 is 6.03 Å². The van der Waals surface area contributed by atoms with E-state index in [1.807, 2.05) is 0 Å². The normalized spacial score (nSPS) is 12.7. The number of rotatable bonds is 5. The molecular weight excluding hydrogens is 364 g/mol. The minimum Gasteiger partial charge on any atom is -0.331 e. The molecular formula is C17H19F2N3O3S. The molecule has 2 rings (SSSR count). The van der Waals surface area contributed by atoms with Gasteiger partial charge in [0.25, 0.3) is 0 Å². The number of hydrogen-bond acceptors (Lipinski definition) is 3. The van der Waals surface area contributed by atoms with Crippen LogP contribution in [0.1, 0.15) is 18.5 Å². The first-order chi connectivity index (χ1) is 12.1. The zero-order chi connectivity index (χ0) is 19.5. The minimum atomic E-state index is -3.63. The van der Waals surface area contributed by atoms with Crippen molar-refractivity contribution >= 4 is 21.7 Å². The number of carbonyl (C=O) groups excluding carboxylic acids is 1. The molecule has 140 valence electrons. The van der Waals surface area contributed by atoms with E-state index in [4.69, 9.17) is 0 Å². The fraction of sp³-hybridized carbons (Fsp3) is 0.235. The van der Waals surface area contributed by atoms with Crippen molar-refractivity contribution in [3.63, 3.8) is 0 Å². The van der Waals surface area contributed by atoms with Crippen molar-refractivity contribution in [3.05, 3.63) is 59.7 Å². The zero-order valence-corrected chi connectivity index (χ0v) is 15.3. The molecule has 0 aliphatic rings. The molecule has 0 fully saturated rings. The van der Waals surface area contributed by atoms with E-state index in [0.717, 1.165) is 16.4 Å². The molecule has 0 aliphatic carbocycles. The number of anilines is 1. The lowest BCUT2D eigenvalue weighted by molar-refractivity contribution is 0.249. The van der Waals surface area contributed by atoms with E-state index >= 15 is 0 Å². The largest absolute Gasteiger partial charge is 0.331 e. The summed E-state index contributed by atoms with van der Waals surface area (Å²) in [4.78, 5) is 12.1. The fourth-order valence-electron chi connectivity index (χ4n) is 2.17. The van der Waals surface area contributed by atoms with Crippen molar-refractivity contribution in [1.29, 1.82) is 0 Å². The smallest absolute Gasteiger partial charge is 0.319 e. The van der Waals surface area contributed by atoms with Crippen LogP contribution in [0.2, 0.25) is 0 Å². The fourth-order valence-corrected chi connectivity index (χ4v) is 3.12. The van der Waals surface area contributed by atoms with Gasteiger partial charge in [-0.05, 0) is 42.8 Å². The summed E-state index contributed by atoms with van der Waals surface area (Å²) < 4.78 is 51.6. The SMILES string of the molecule is CC(NC(=O)Nc1cccc(S(=O)(=O)N(C)C)c1)c1ccc(F)c(F)c1. The van der Waals surface area contributed by atoms with Crippen molar-refractivity contribution in [2.75, 3.05) is 19.4 Å². The van der Waals surface area contributed by atoms with Gasteiger partial charge in [-0.3, -0.25) is 0 Å². The Bertz CT molecular complexity index is 917. The van der Waals surface area contributed by atoms with Crippen LogP contribution in [0.4, 0.5) is 19.3 Å². The Labute approximate surface area is 150 Å². The highest BCUT2D eigenvalue weighted by atomic mass is 32.2. The number of carbonyl (C=O) groups is 1. The molecule has 0 saturated heterocycles. The summed E-state index contributed by atoms with van der Waals surface area (Å²) in [5.74, 6) is -1.97. The summed E-state index contributed by atoms with van der Waals surface area (Å²) in [5.41, 5.74) is 0.672. The Balaban J connectivity index is 2.09. The first-order valence-electron chi connectivity index (χ1n) is 7.66. The predicted molar refractivity (Wildman–Crippen MR) is 94.2 cm³/mol. The van der Waals surface area contributed by atoms with E-state index in [2.05, 4.69) is 10.6 Å². The minimum absolute atomic E-state index is 0.0361. The average Bonchev–Trinajstić information content (AvgIpc) is 2.57. The molecule has 0 radical (unpaired) electrons. The van der Waals surface area contributed by atoms with Crippen molar-refractivity contribution < 1.29 is 22.0 Å². The topological polar surface area (TPSA) is 78.5 Å². The molecule has 1 unspecified atom stereocenters. The van der Waals surface area contributed by atoms with Crippen molar-refractivity contribution in [2.45, 2.75) is 17.9 Å². The summed E-state index contributed by atoms with van der Waals surface area (Å²) >= 11 is 0. The first-order valence-corrected chi connectivity index (χ1v) is 9.10. The van der Waals surface area contributed by atoms with Gasteiger partial charge in [-0.1, -0.05) is 12.1 Å². The number of sulfonamides is 1. The number of urea groups is 1. The van der Waals surface area contributed by atoms with Crippen LogP contribution in [0.5, 0.6) is 0 Å². The van der Waals surface area contributed by atoms with E-state index in [1.165, 1.54) is 44.4 Å². The highest BCUT2D eigenvalue weighted by molar-refractivity contribution is 7.89. The van der Waals surface area contributed by atoms with Gasteiger partial charge in [0.05, 0.1) is 10.9 Å². The molecule has 0 bridgehead atoms. The standard InChI is InChI=1S/C17H19F2N3O3S/c1-11(12-7-8-15(18)16(19)9-12)20-17(23)21-13-5-4-6-14(10-13)26(24,25)22(2)3/h4-11H,1-3H3,(H2,20,21,23). The molecule has 6 nitrogen and oxygen atoms in total. The average molecular weight is 383 g/mol. The molecule has 26 heavy (non-hydrogen) atoms. The van der Waals surface area contributed by atoms with E-state index in [-0.39, 0.29) is 10.6 Å². The molecule has 0 aromatic heterocycles. The summed E-state index contributed by atoms with van der Waals surface area (Å²) in [7, 11) is -0.809. The van der Waals surface area contributed by atoms with Gasteiger partial charge in [0.15, 0.2) is 11.6 Å². The van der Waals surface area contributed by atoms with E-state index < -0.39 is 33.7 Å². The third-order valence-corrected chi connectivity index (χ3v) is 5.47. The van der Waals surface area contributed by atoms with Crippen LogP contribution in [0.3, 0.4) is 0 Å². The van der Waals surface area contributed by atoms with Crippen LogP contribution in [0.15, 0.2) is 47.4 Å². The Morgan fingerprint density at radius 3 is 2.38 bits per heavy atom. The molecule has 1 atom stereocenters. The molecule has 9 heteroatoms. The van der Waals surface area contributed by atoms with Crippen LogP contribution in [-0.2, 0) is 10.0 Å². The summed E-state index contributed by atoms with van der Waals surface area (Å²) in [6.45, 7) is 1.61.